The second kappa shape index (κ2) is 7.51. The number of hydrogen-bond acceptors (Lipinski definition) is 5. The van der Waals surface area contributed by atoms with Crippen LogP contribution in [0.3, 0.4) is 0 Å². The molecule has 2 aromatic carbocycles. The van der Waals surface area contributed by atoms with Crippen LogP contribution in [0.5, 0.6) is 11.5 Å². The molecule has 0 unspecified atom stereocenters. The smallest absolute Gasteiger partial charge is 0.263 e. The number of carbonyl (C=O) groups excluding carboxylic acids is 1. The number of methoxy groups -OCH3 is 1. The molecule has 0 radical (unpaired) electrons. The third-order valence-electron chi connectivity index (χ3n) is 3.38. The van der Waals surface area contributed by atoms with E-state index in [-0.39, 0.29) is 5.91 Å². The summed E-state index contributed by atoms with van der Waals surface area (Å²) in [6.45, 7) is 0.377. The Balaban J connectivity index is 1.81. The van der Waals surface area contributed by atoms with Crippen LogP contribution in [0.1, 0.15) is 11.1 Å². The minimum Gasteiger partial charge on any atom is -0.496 e. The first-order valence-electron chi connectivity index (χ1n) is 7.25. The summed E-state index contributed by atoms with van der Waals surface area (Å²) in [5.41, 5.74) is 1.80. The van der Waals surface area contributed by atoms with Gasteiger partial charge in [0.2, 0.25) is 0 Å². The first kappa shape index (κ1) is 16.5. The summed E-state index contributed by atoms with van der Waals surface area (Å²) in [7, 11) is 1.62. The third-order valence-corrected chi connectivity index (χ3v) is 4.54. The maximum absolute atomic E-state index is 11.8. The van der Waals surface area contributed by atoms with Gasteiger partial charge in [-0.3, -0.25) is 4.79 Å². The van der Waals surface area contributed by atoms with E-state index in [1.54, 1.807) is 7.11 Å². The highest BCUT2D eigenvalue weighted by Crippen LogP contribution is 2.28. The highest BCUT2D eigenvalue weighted by molar-refractivity contribution is 8.26. The van der Waals surface area contributed by atoms with Gasteiger partial charge in [-0.15, -0.1) is 0 Å². The van der Waals surface area contributed by atoms with Crippen LogP contribution in [0, 0.1) is 0 Å². The zero-order chi connectivity index (χ0) is 16.9. The number of thioether (sulfide) groups is 1. The Labute approximate surface area is 149 Å². The molecule has 4 nitrogen and oxygen atoms in total. The maximum Gasteiger partial charge on any atom is 0.263 e. The molecule has 2 aromatic rings. The van der Waals surface area contributed by atoms with E-state index in [1.807, 2.05) is 54.6 Å². The van der Waals surface area contributed by atoms with Crippen molar-refractivity contribution in [2.45, 2.75) is 6.61 Å². The van der Waals surface area contributed by atoms with Gasteiger partial charge in [0, 0.05) is 5.56 Å². The number of para-hydroxylation sites is 1. The molecular weight excluding hydrogens is 342 g/mol. The molecule has 1 fully saturated rings. The molecule has 1 aliphatic rings. The fraction of sp³-hybridized carbons (Fsp3) is 0.111. The van der Waals surface area contributed by atoms with E-state index in [9.17, 15) is 4.79 Å². The van der Waals surface area contributed by atoms with Crippen molar-refractivity contribution in [2.75, 3.05) is 7.11 Å². The van der Waals surface area contributed by atoms with Crippen molar-refractivity contribution in [1.82, 2.24) is 5.32 Å². The van der Waals surface area contributed by atoms with Crippen LogP contribution in [0.25, 0.3) is 6.08 Å². The van der Waals surface area contributed by atoms with E-state index in [0.29, 0.717) is 15.8 Å². The lowest BCUT2D eigenvalue weighted by Crippen LogP contribution is -2.17. The summed E-state index contributed by atoms with van der Waals surface area (Å²) in [5.74, 6) is 1.37. The molecule has 1 aliphatic heterocycles. The van der Waals surface area contributed by atoms with Crippen LogP contribution in [0.4, 0.5) is 0 Å². The predicted octanol–water partition coefficient (Wildman–Crippen LogP) is 3.76. The topological polar surface area (TPSA) is 47.6 Å². The van der Waals surface area contributed by atoms with Crippen molar-refractivity contribution in [2.24, 2.45) is 0 Å². The second-order valence-electron chi connectivity index (χ2n) is 5.03. The first-order chi connectivity index (χ1) is 11.7. The van der Waals surface area contributed by atoms with Crippen LogP contribution in [-0.2, 0) is 11.4 Å². The molecule has 1 saturated heterocycles. The molecule has 0 bridgehead atoms. The fourth-order valence-corrected chi connectivity index (χ4v) is 3.30. The van der Waals surface area contributed by atoms with Crippen LogP contribution in [-0.4, -0.2) is 17.3 Å². The number of hydrogen-bond donors (Lipinski definition) is 1. The van der Waals surface area contributed by atoms with Gasteiger partial charge in [0.25, 0.3) is 5.91 Å². The van der Waals surface area contributed by atoms with Crippen molar-refractivity contribution in [3.05, 3.63) is 64.6 Å². The molecular formula is C18H15NO3S2. The zero-order valence-electron chi connectivity index (χ0n) is 12.9. The van der Waals surface area contributed by atoms with E-state index < -0.39 is 0 Å². The van der Waals surface area contributed by atoms with Gasteiger partial charge in [0.05, 0.1) is 12.0 Å². The molecule has 6 heteroatoms. The molecule has 0 saturated carbocycles. The van der Waals surface area contributed by atoms with Gasteiger partial charge in [-0.05, 0) is 35.9 Å². The molecule has 0 atom stereocenters. The molecule has 1 N–H and O–H groups in total. The number of amides is 1. The lowest BCUT2D eigenvalue weighted by Gasteiger charge is -2.11. The Morgan fingerprint density at radius 3 is 2.67 bits per heavy atom. The van der Waals surface area contributed by atoms with Gasteiger partial charge in [-0.2, -0.15) is 0 Å². The molecule has 1 amide bonds. The average Bonchev–Trinajstić information content (AvgIpc) is 2.91. The molecule has 122 valence electrons. The number of ether oxygens (including phenoxy) is 2. The Bertz CT molecular complexity index is 803. The Morgan fingerprint density at radius 1 is 1.21 bits per heavy atom. The number of rotatable bonds is 5. The lowest BCUT2D eigenvalue weighted by atomic mass is 10.1. The quantitative estimate of drug-likeness (QED) is 0.652. The SMILES string of the molecule is COc1ccc(/C=C2/SC(=S)NC2=O)cc1COc1ccccc1. The summed E-state index contributed by atoms with van der Waals surface area (Å²) < 4.78 is 11.7. The lowest BCUT2D eigenvalue weighted by molar-refractivity contribution is -0.115. The normalized spacial score (nSPS) is 15.5. The van der Waals surface area contributed by atoms with Crippen molar-refractivity contribution >= 4 is 40.3 Å². The van der Waals surface area contributed by atoms with Gasteiger partial charge in [0.15, 0.2) is 0 Å². The van der Waals surface area contributed by atoms with Gasteiger partial charge in [-0.1, -0.05) is 48.2 Å². The van der Waals surface area contributed by atoms with Gasteiger partial charge in [-0.25, -0.2) is 0 Å². The van der Waals surface area contributed by atoms with Crippen LogP contribution < -0.4 is 14.8 Å². The van der Waals surface area contributed by atoms with E-state index in [0.717, 1.165) is 22.6 Å². The van der Waals surface area contributed by atoms with Gasteiger partial charge in [0.1, 0.15) is 22.4 Å². The minimum atomic E-state index is -0.164. The largest absolute Gasteiger partial charge is 0.496 e. The number of nitrogens with one attached hydrogen (secondary N) is 1. The van der Waals surface area contributed by atoms with Crippen molar-refractivity contribution in [3.8, 4) is 11.5 Å². The number of thiocarbonyl (C=S) groups is 1. The molecule has 0 aliphatic carbocycles. The average molecular weight is 357 g/mol. The monoisotopic (exact) mass is 357 g/mol. The van der Waals surface area contributed by atoms with E-state index in [4.69, 9.17) is 21.7 Å². The number of benzene rings is 2. The molecule has 3 rings (SSSR count). The standard InChI is InChI=1S/C18H15NO3S2/c1-21-15-8-7-12(10-16-17(20)19-18(23)24-16)9-13(15)11-22-14-5-3-2-4-6-14/h2-10H,11H2,1H3,(H,19,20,23)/b16-10+. The van der Waals surface area contributed by atoms with Crippen LogP contribution >= 0.6 is 24.0 Å². The fourth-order valence-electron chi connectivity index (χ4n) is 2.25. The zero-order valence-corrected chi connectivity index (χ0v) is 14.6. The molecule has 1 heterocycles. The molecule has 0 aromatic heterocycles. The Morgan fingerprint density at radius 2 is 2.00 bits per heavy atom. The Hall–Kier alpha value is -2.31. The number of carbonyl (C=O) groups is 1. The summed E-state index contributed by atoms with van der Waals surface area (Å²) in [6, 6.07) is 15.3. The van der Waals surface area contributed by atoms with E-state index >= 15 is 0 Å². The summed E-state index contributed by atoms with van der Waals surface area (Å²) in [4.78, 5) is 12.4. The first-order valence-corrected chi connectivity index (χ1v) is 8.48. The predicted molar refractivity (Wildman–Crippen MR) is 100 cm³/mol. The van der Waals surface area contributed by atoms with Crippen LogP contribution in [0.2, 0.25) is 0 Å². The summed E-state index contributed by atoms with van der Waals surface area (Å²) in [6.07, 6.45) is 1.81. The highest BCUT2D eigenvalue weighted by atomic mass is 32.2. The van der Waals surface area contributed by atoms with E-state index in [1.165, 1.54) is 11.8 Å². The van der Waals surface area contributed by atoms with Crippen molar-refractivity contribution in [3.63, 3.8) is 0 Å². The molecule has 0 spiro atoms. The van der Waals surface area contributed by atoms with Gasteiger partial charge < -0.3 is 14.8 Å². The summed E-state index contributed by atoms with van der Waals surface area (Å²) >= 11 is 6.26. The van der Waals surface area contributed by atoms with Crippen LogP contribution in [0.15, 0.2) is 53.4 Å². The third kappa shape index (κ3) is 3.96. The second-order valence-corrected chi connectivity index (χ2v) is 6.74. The summed E-state index contributed by atoms with van der Waals surface area (Å²) in [5, 5.41) is 2.61. The van der Waals surface area contributed by atoms with Gasteiger partial charge >= 0.3 is 0 Å². The Kier molecular flexibility index (Phi) is 5.17. The highest BCUT2D eigenvalue weighted by Gasteiger charge is 2.22. The molecule has 24 heavy (non-hydrogen) atoms. The maximum atomic E-state index is 11.8. The minimum absolute atomic E-state index is 0.164. The van der Waals surface area contributed by atoms with E-state index in [2.05, 4.69) is 5.32 Å². The van der Waals surface area contributed by atoms with Crippen molar-refractivity contribution < 1.29 is 14.3 Å². The van der Waals surface area contributed by atoms with Crippen molar-refractivity contribution in [1.29, 1.82) is 0 Å².